The lowest BCUT2D eigenvalue weighted by molar-refractivity contribution is -0.141. The molecular formula is C12H13N5O4. The highest BCUT2D eigenvalue weighted by atomic mass is 16.4. The van der Waals surface area contributed by atoms with Crippen molar-refractivity contribution in [1.82, 2.24) is 24.5 Å². The predicted octanol–water partition coefficient (Wildman–Crippen LogP) is -0.907. The summed E-state index contributed by atoms with van der Waals surface area (Å²) in [5.74, 6) is -1.64. The molecule has 0 radical (unpaired) electrons. The first-order valence-corrected chi connectivity index (χ1v) is 6.37. The molecule has 1 aliphatic rings. The molecule has 2 atom stereocenters. The van der Waals surface area contributed by atoms with Gasteiger partial charge in [0.25, 0.3) is 11.7 Å². The van der Waals surface area contributed by atoms with E-state index >= 15 is 0 Å². The Balaban J connectivity index is 1.96. The number of carbonyl (C=O) groups excluding carboxylic acids is 1. The standard InChI is InChI=1S/C12H13N5O4/c1-6-2-3-13-12-14-9(15-17(6)12)10(19)16-5-7(18)4-8(16)11(20)21/h2-3,7-8,18H,4-5H2,1H3,(H,20,21). The molecule has 2 unspecified atom stereocenters. The van der Waals surface area contributed by atoms with E-state index in [0.717, 1.165) is 10.6 Å². The van der Waals surface area contributed by atoms with Crippen LogP contribution in [0.5, 0.6) is 0 Å². The van der Waals surface area contributed by atoms with Gasteiger partial charge in [-0.1, -0.05) is 0 Å². The van der Waals surface area contributed by atoms with Crippen molar-refractivity contribution in [3.63, 3.8) is 0 Å². The molecule has 1 aliphatic heterocycles. The second-order valence-corrected chi connectivity index (χ2v) is 4.93. The number of aliphatic carboxylic acids is 1. The van der Waals surface area contributed by atoms with E-state index in [-0.39, 0.29) is 24.6 Å². The van der Waals surface area contributed by atoms with Gasteiger partial charge in [-0.25, -0.2) is 14.3 Å². The molecule has 0 spiro atoms. The molecule has 0 aromatic carbocycles. The van der Waals surface area contributed by atoms with Crippen LogP contribution in [0.2, 0.25) is 0 Å². The minimum absolute atomic E-state index is 0.00568. The number of nitrogens with zero attached hydrogens (tertiary/aromatic N) is 5. The summed E-state index contributed by atoms with van der Waals surface area (Å²) >= 11 is 0. The van der Waals surface area contributed by atoms with E-state index in [4.69, 9.17) is 5.11 Å². The van der Waals surface area contributed by atoms with Gasteiger partial charge in [0, 0.05) is 24.9 Å². The van der Waals surface area contributed by atoms with Crippen molar-refractivity contribution in [3.8, 4) is 0 Å². The average Bonchev–Trinajstić information content (AvgIpc) is 3.02. The maximum atomic E-state index is 12.4. The highest BCUT2D eigenvalue weighted by Gasteiger charge is 2.40. The lowest BCUT2D eigenvalue weighted by Gasteiger charge is -2.19. The van der Waals surface area contributed by atoms with Crippen LogP contribution in [0, 0.1) is 6.92 Å². The van der Waals surface area contributed by atoms with E-state index in [1.807, 2.05) is 0 Å². The second-order valence-electron chi connectivity index (χ2n) is 4.93. The molecule has 1 saturated heterocycles. The van der Waals surface area contributed by atoms with E-state index in [9.17, 15) is 14.7 Å². The zero-order chi connectivity index (χ0) is 15.1. The van der Waals surface area contributed by atoms with Crippen LogP contribution in [0.1, 0.15) is 22.7 Å². The summed E-state index contributed by atoms with van der Waals surface area (Å²) in [5.41, 5.74) is 0.753. The molecular weight excluding hydrogens is 278 g/mol. The fraction of sp³-hybridized carbons (Fsp3) is 0.417. The van der Waals surface area contributed by atoms with Gasteiger partial charge in [0.1, 0.15) is 6.04 Å². The van der Waals surface area contributed by atoms with Crippen LogP contribution >= 0.6 is 0 Å². The van der Waals surface area contributed by atoms with E-state index < -0.39 is 24.0 Å². The first-order chi connectivity index (χ1) is 9.97. The third-order valence-electron chi connectivity index (χ3n) is 3.45. The van der Waals surface area contributed by atoms with Crippen LogP contribution in [-0.4, -0.2) is 65.3 Å². The Labute approximate surface area is 118 Å². The number of β-amino-alcohol motifs (C(OH)–C–C–N with tert-alkyl or cyclic N) is 1. The van der Waals surface area contributed by atoms with Gasteiger partial charge in [-0.2, -0.15) is 4.98 Å². The van der Waals surface area contributed by atoms with Crippen molar-refractivity contribution in [1.29, 1.82) is 0 Å². The monoisotopic (exact) mass is 291 g/mol. The third-order valence-corrected chi connectivity index (χ3v) is 3.45. The molecule has 1 amide bonds. The lowest BCUT2D eigenvalue weighted by Crippen LogP contribution is -2.41. The molecule has 0 aliphatic carbocycles. The van der Waals surface area contributed by atoms with Crippen molar-refractivity contribution < 1.29 is 19.8 Å². The fourth-order valence-electron chi connectivity index (χ4n) is 2.40. The molecule has 2 aromatic rings. The summed E-state index contributed by atoms with van der Waals surface area (Å²) in [4.78, 5) is 32.6. The Morgan fingerprint density at radius 1 is 1.43 bits per heavy atom. The Bertz CT molecular complexity index is 728. The number of amides is 1. The number of aryl methyl sites for hydroxylation is 1. The van der Waals surface area contributed by atoms with Crippen LogP contribution in [0.3, 0.4) is 0 Å². The Morgan fingerprint density at radius 2 is 2.19 bits per heavy atom. The smallest absolute Gasteiger partial charge is 0.326 e. The topological polar surface area (TPSA) is 121 Å². The zero-order valence-corrected chi connectivity index (χ0v) is 11.2. The summed E-state index contributed by atoms with van der Waals surface area (Å²) in [7, 11) is 0. The van der Waals surface area contributed by atoms with Crippen molar-refractivity contribution in [2.24, 2.45) is 0 Å². The van der Waals surface area contributed by atoms with Crippen molar-refractivity contribution in [3.05, 3.63) is 23.8 Å². The van der Waals surface area contributed by atoms with Gasteiger partial charge in [0.15, 0.2) is 0 Å². The number of carboxylic acids is 1. The number of rotatable bonds is 2. The number of carbonyl (C=O) groups is 2. The molecule has 3 rings (SSSR count). The molecule has 9 heteroatoms. The number of hydrogen-bond acceptors (Lipinski definition) is 6. The first-order valence-electron chi connectivity index (χ1n) is 6.37. The molecule has 9 nitrogen and oxygen atoms in total. The van der Waals surface area contributed by atoms with Crippen LogP contribution in [0.15, 0.2) is 12.3 Å². The summed E-state index contributed by atoms with van der Waals surface area (Å²) in [6.45, 7) is 1.75. The third kappa shape index (κ3) is 2.21. The van der Waals surface area contributed by atoms with E-state index in [1.165, 1.54) is 4.52 Å². The van der Waals surface area contributed by atoms with Gasteiger partial charge in [0.05, 0.1) is 6.10 Å². The number of aliphatic hydroxyl groups excluding tert-OH is 1. The molecule has 110 valence electrons. The van der Waals surface area contributed by atoms with Crippen molar-refractivity contribution in [2.45, 2.75) is 25.5 Å². The van der Waals surface area contributed by atoms with Gasteiger partial charge in [0.2, 0.25) is 5.82 Å². The highest BCUT2D eigenvalue weighted by molar-refractivity contribution is 5.94. The maximum absolute atomic E-state index is 12.4. The molecule has 3 heterocycles. The fourth-order valence-corrected chi connectivity index (χ4v) is 2.40. The number of likely N-dealkylation sites (tertiary alicyclic amines) is 1. The van der Waals surface area contributed by atoms with E-state index in [0.29, 0.717) is 0 Å². The number of carboxylic acid groups (broad SMARTS) is 1. The molecule has 0 bridgehead atoms. The summed E-state index contributed by atoms with van der Waals surface area (Å²) in [6.07, 6.45) is 0.700. The number of aliphatic hydroxyl groups is 1. The van der Waals surface area contributed by atoms with E-state index in [1.54, 1.807) is 19.2 Å². The van der Waals surface area contributed by atoms with Crippen LogP contribution in [-0.2, 0) is 4.79 Å². The summed E-state index contributed by atoms with van der Waals surface area (Å²) in [5, 5.41) is 22.8. The minimum atomic E-state index is -1.15. The molecule has 21 heavy (non-hydrogen) atoms. The minimum Gasteiger partial charge on any atom is -0.480 e. The SMILES string of the molecule is Cc1ccnc2nc(C(=O)N3CC(O)CC3C(=O)O)nn12. The van der Waals surface area contributed by atoms with Crippen LogP contribution < -0.4 is 0 Å². The molecule has 2 N–H and O–H groups in total. The lowest BCUT2D eigenvalue weighted by atomic mass is 10.2. The van der Waals surface area contributed by atoms with Gasteiger partial charge in [-0.15, -0.1) is 5.10 Å². The summed E-state index contributed by atoms with van der Waals surface area (Å²) < 4.78 is 1.41. The van der Waals surface area contributed by atoms with Gasteiger partial charge in [-0.05, 0) is 13.0 Å². The van der Waals surface area contributed by atoms with Crippen LogP contribution in [0.25, 0.3) is 5.78 Å². The molecule has 0 saturated carbocycles. The predicted molar refractivity (Wildman–Crippen MR) is 68.6 cm³/mol. The largest absolute Gasteiger partial charge is 0.480 e. The Kier molecular flexibility index (Phi) is 3.05. The summed E-state index contributed by atoms with van der Waals surface area (Å²) in [6, 6.07) is 0.656. The molecule has 2 aromatic heterocycles. The van der Waals surface area contributed by atoms with Gasteiger partial charge >= 0.3 is 5.97 Å². The Morgan fingerprint density at radius 3 is 2.86 bits per heavy atom. The normalized spacial score (nSPS) is 21.9. The average molecular weight is 291 g/mol. The Hall–Kier alpha value is -2.55. The maximum Gasteiger partial charge on any atom is 0.326 e. The van der Waals surface area contributed by atoms with Crippen molar-refractivity contribution in [2.75, 3.05) is 6.54 Å². The zero-order valence-electron chi connectivity index (χ0n) is 11.2. The van der Waals surface area contributed by atoms with E-state index in [2.05, 4.69) is 15.1 Å². The van der Waals surface area contributed by atoms with Gasteiger partial charge < -0.3 is 15.1 Å². The quantitative estimate of drug-likeness (QED) is 0.734. The first kappa shape index (κ1) is 13.4. The number of aromatic nitrogens is 4. The highest BCUT2D eigenvalue weighted by Crippen LogP contribution is 2.20. The molecule has 1 fully saturated rings. The van der Waals surface area contributed by atoms with Gasteiger partial charge in [-0.3, -0.25) is 4.79 Å². The number of fused-ring (bicyclic) bond motifs is 1. The van der Waals surface area contributed by atoms with Crippen LogP contribution in [0.4, 0.5) is 0 Å². The van der Waals surface area contributed by atoms with Crippen molar-refractivity contribution >= 4 is 17.7 Å². The number of hydrogen-bond donors (Lipinski definition) is 2. The second kappa shape index (κ2) is 4.77.